The van der Waals surface area contributed by atoms with Gasteiger partial charge in [0.25, 0.3) is 29.7 Å². The minimum Gasteiger partial charge on any atom is -1.00 e. The Morgan fingerprint density at radius 3 is 1.25 bits per heavy atom. The zero-order valence-corrected chi connectivity index (χ0v) is 66.4. The quantitative estimate of drug-likeness (QED) is 0.0171. The molecule has 36 heteroatoms. The van der Waals surface area contributed by atoms with Gasteiger partial charge in [-0.1, -0.05) is 12.1 Å². The van der Waals surface area contributed by atoms with Gasteiger partial charge in [0, 0.05) is 42.6 Å². The third-order valence-electron chi connectivity index (χ3n) is 17.9. The van der Waals surface area contributed by atoms with Crippen molar-refractivity contribution >= 4 is 125 Å². The fourth-order valence-electron chi connectivity index (χ4n) is 11.5. The first-order chi connectivity index (χ1) is 46.8. The minimum absolute atomic E-state index is 0. The summed E-state index contributed by atoms with van der Waals surface area (Å²) in [5.41, 5.74) is 9.78. The van der Waals surface area contributed by atoms with Crippen LogP contribution in [-0.2, 0) is 48.4 Å². The largest absolute Gasteiger partial charge is 2.00 e. The van der Waals surface area contributed by atoms with Gasteiger partial charge in [0.1, 0.15) is 17.4 Å². The SMILES string of the molecule is CC1(O)CCC(N)CC1.CC1(O)CCC(NS(=O)(=O)c2ccc(-c3ccc(F)cc3F)cc2)CC1.CC1(O)CCC(N[B]C=O)CC1.CC1(O)CCC(N[B]C=O)CC1.CPP.C[B]OOCB=O.NC1CCC(O)CC1.O=C[B]NC1CCC(=O)CC1.O=C[B]NC1CCC(O)CC1.[CH3-].[Cl-].[Mg+2]. The van der Waals surface area contributed by atoms with E-state index in [2.05, 4.69) is 50.9 Å². The number of aliphatic hydroxyl groups excluding tert-OH is 2. The maximum absolute atomic E-state index is 13.9. The summed E-state index contributed by atoms with van der Waals surface area (Å²) in [5.74, 6) is -1.02. The molecule has 0 bridgehead atoms. The van der Waals surface area contributed by atoms with E-state index in [-0.39, 0.29) is 78.1 Å². The first kappa shape index (κ1) is 104. The number of hydrogen-bond donors (Lipinski definition) is 13. The second kappa shape index (κ2) is 59.0. The molecule has 2 atom stereocenters. The van der Waals surface area contributed by atoms with Crippen LogP contribution < -0.4 is 49.5 Å². The molecule has 15 N–H and O–H groups in total. The Morgan fingerprint density at radius 2 is 0.912 bits per heavy atom. The van der Waals surface area contributed by atoms with Crippen LogP contribution in [0.4, 0.5) is 8.78 Å². The van der Waals surface area contributed by atoms with Crippen LogP contribution in [0.15, 0.2) is 47.4 Å². The standard InChI is InChI=1S/C19H21F2NO3S.2C8H15BNO2.C7H13BNO2.C7H11BNO2.C7H15NO.C6H13NO.C2H5B2O3.CH6P2.CH3.ClH.Mg/c1-19(23)10-8-15(9-11-19)22-26(24,25)16-5-2-13(3-6-16)17-7-4-14(20)12-18(17)21;2*1-8(12)4-2-7(3-5-8)10-9-6-11;2*10-5-8-9-6-1-3-7(11)4-2-6;1-7(9)4-2-6(8)3-5-7;7-5-1-3-6(8)4-2-5;1-3-7-6-2-4-5;1-3-2;;;/h2-7,12,15,22-23H,8-11H2,1H3;2*6-7,10,12H,2-5H2,1H3;5-7,9,11H,1-4H2;5-6,9H,1-4H2;6,9H,2-5,8H2,1H3;5-6,8H,1-4,7H2;2H2,1H3;3H,2H2,1H3;1H3;1H;/q;;;;;;;;;-1;;+2/p-1. The maximum Gasteiger partial charge on any atom is 2.00 e. The molecule has 2 unspecified atom stereocenters. The average molecular weight is 1520 g/mol. The van der Waals surface area contributed by atoms with E-state index in [0.29, 0.717) is 93.3 Å². The van der Waals surface area contributed by atoms with Gasteiger partial charge in [-0.05, 0) is 255 Å². The number of benzene rings is 2. The monoisotopic (exact) mass is 1520 g/mol. The van der Waals surface area contributed by atoms with Crippen molar-refractivity contribution in [2.75, 3.05) is 13.2 Å². The molecule has 7 fully saturated rings. The maximum atomic E-state index is 13.9. The molecule has 0 aromatic heterocycles. The second-order valence-electron chi connectivity index (χ2n) is 27.3. The number of nitrogens with one attached hydrogen (secondary N) is 5. The number of carbonyl (C=O) groups is 5. The smallest absolute Gasteiger partial charge is 1.00 e. The van der Waals surface area contributed by atoms with Crippen molar-refractivity contribution in [3.8, 4) is 11.1 Å². The van der Waals surface area contributed by atoms with Crippen LogP contribution in [0.25, 0.3) is 11.1 Å². The van der Waals surface area contributed by atoms with E-state index in [1.165, 1.54) is 67.5 Å². The van der Waals surface area contributed by atoms with Crippen molar-refractivity contribution in [3.05, 3.63) is 61.5 Å². The van der Waals surface area contributed by atoms with Crippen LogP contribution in [0.1, 0.15) is 207 Å². The molecular weight excluding hydrogens is 1400 g/mol. The average Bonchev–Trinajstić information content (AvgIpc) is 0.807. The molecule has 0 heterocycles. The molecule has 2 aromatic rings. The summed E-state index contributed by atoms with van der Waals surface area (Å²) in [6.45, 7) is 11.1. The van der Waals surface area contributed by atoms with Crippen LogP contribution in [0.2, 0.25) is 6.82 Å². The minimum atomic E-state index is -3.70. The van der Waals surface area contributed by atoms with Crippen molar-refractivity contribution in [2.24, 2.45) is 11.5 Å². The van der Waals surface area contributed by atoms with Crippen LogP contribution in [0.5, 0.6) is 0 Å². The van der Waals surface area contributed by atoms with Gasteiger partial charge < -0.3 is 102 Å². The van der Waals surface area contributed by atoms with E-state index < -0.39 is 44.1 Å². The molecule has 0 spiro atoms. The molecule has 102 heavy (non-hydrogen) atoms. The Labute approximate surface area is 638 Å². The summed E-state index contributed by atoms with van der Waals surface area (Å²) in [6.07, 6.45) is 26.3. The molecule has 0 amide bonds. The van der Waals surface area contributed by atoms with Gasteiger partial charge in [-0.25, -0.2) is 21.9 Å². The Bertz CT molecular complexity index is 2570. The predicted molar refractivity (Wildman–Crippen MR) is 410 cm³/mol. The molecule has 0 aliphatic heterocycles. The molecule has 0 saturated heterocycles. The molecular formula is C66H117B6ClF2MgN7O16P2S. The van der Waals surface area contributed by atoms with Gasteiger partial charge in [0.05, 0.1) is 64.2 Å². The molecule has 7 aliphatic carbocycles. The number of carbonyl (C=O) groups excluding carboxylic acids is 5. The Balaban J connectivity index is -0.00000113. The van der Waals surface area contributed by atoms with Crippen LogP contribution in [-0.4, -0.2) is 227 Å². The van der Waals surface area contributed by atoms with Crippen LogP contribution >= 0.6 is 17.2 Å². The normalized spacial score (nSPS) is 28.0. The summed E-state index contributed by atoms with van der Waals surface area (Å²) >= 11 is 0. The summed E-state index contributed by atoms with van der Waals surface area (Å²) in [7, 11) is 7.58. The number of hydrogen-bond acceptors (Lipinski definition) is 22. The van der Waals surface area contributed by atoms with Crippen LogP contribution in [0.3, 0.4) is 0 Å². The third-order valence-corrected chi connectivity index (χ3v) is 19.4. The number of Topliss-reactive ketones (excluding diaryl/α,β-unsaturated/α-hetero) is 1. The second-order valence-corrected chi connectivity index (χ2v) is 31.3. The van der Waals surface area contributed by atoms with Crippen molar-refractivity contribution in [2.45, 2.75) is 296 Å². The van der Waals surface area contributed by atoms with E-state index in [1.54, 1.807) is 13.7 Å². The molecule has 7 saturated carbocycles. The van der Waals surface area contributed by atoms with Crippen molar-refractivity contribution < 1.29 is 98.6 Å². The predicted octanol–water partition coefficient (Wildman–Crippen LogP) is 2.00. The fraction of sp³-hybridized carbons (Fsp3) is 0.727. The Kier molecular flexibility index (Phi) is 60.4. The summed E-state index contributed by atoms with van der Waals surface area (Å²) in [4.78, 5) is 59.2. The van der Waals surface area contributed by atoms with E-state index in [9.17, 15) is 66.3 Å². The number of sulfonamides is 1. The van der Waals surface area contributed by atoms with E-state index >= 15 is 0 Å². The van der Waals surface area contributed by atoms with Gasteiger partial charge >= 0.3 is 65.4 Å². The van der Waals surface area contributed by atoms with Gasteiger partial charge in [-0.2, -0.15) is 0 Å². The first-order valence-electron chi connectivity index (χ1n) is 34.7. The molecule has 569 valence electrons. The van der Waals surface area contributed by atoms with E-state index in [0.717, 1.165) is 186 Å². The van der Waals surface area contributed by atoms with Gasteiger partial charge in [-0.15, -0.1) is 17.2 Å². The molecule has 9 rings (SSSR count). The Morgan fingerprint density at radius 1 is 0.578 bits per heavy atom. The number of aliphatic hydroxyl groups is 6. The summed E-state index contributed by atoms with van der Waals surface area (Å²) in [6, 6.07) is 11.0. The van der Waals surface area contributed by atoms with Crippen molar-refractivity contribution in [1.82, 2.24) is 25.6 Å². The molecule has 23 nitrogen and oxygen atoms in total. The zero-order chi connectivity index (χ0) is 74.3. The number of halogens is 3. The van der Waals surface area contributed by atoms with Gasteiger partial charge in [0.15, 0.2) is 0 Å². The molecule has 2 aromatic carbocycles. The van der Waals surface area contributed by atoms with E-state index in [1.807, 2.05) is 20.8 Å². The summed E-state index contributed by atoms with van der Waals surface area (Å²) in [5, 5.41) is 68.7. The van der Waals surface area contributed by atoms with Crippen LogP contribution in [0, 0.1) is 19.1 Å². The fourth-order valence-corrected chi connectivity index (χ4v) is 12.8. The molecule has 7 aliphatic rings. The molecule has 5 radical (unpaired) electrons. The Hall–Kier alpha value is -1.89. The third kappa shape index (κ3) is 51.4. The van der Waals surface area contributed by atoms with Gasteiger partial charge in [-0.3, -0.25) is 4.79 Å². The first-order valence-corrected chi connectivity index (χ1v) is 39.5. The number of rotatable bonds is 20. The topological polar surface area (TPSA) is 389 Å². The van der Waals surface area contributed by atoms with Crippen molar-refractivity contribution in [3.63, 3.8) is 0 Å². The number of ketones is 1. The zero-order valence-electron chi connectivity index (χ0n) is 61.3. The summed E-state index contributed by atoms with van der Waals surface area (Å²) < 4.78 is 64.0. The number of nitrogens with two attached hydrogens (primary N) is 2. The van der Waals surface area contributed by atoms with E-state index in [4.69, 9.17) is 21.7 Å². The van der Waals surface area contributed by atoms with Crippen molar-refractivity contribution in [1.29, 1.82) is 0 Å². The van der Waals surface area contributed by atoms with Gasteiger partial charge in [0.2, 0.25) is 10.0 Å².